The minimum Gasteiger partial charge on any atom is -0.389 e. The molecule has 6 heteroatoms. The van der Waals surface area contributed by atoms with Crippen molar-refractivity contribution in [2.75, 3.05) is 6.54 Å². The monoisotopic (exact) mass is 284 g/mol. The summed E-state index contributed by atoms with van der Waals surface area (Å²) in [6.45, 7) is 1.00. The Balaban J connectivity index is 1.92. The Hall–Kier alpha value is -1.17. The molecule has 1 saturated carbocycles. The largest absolute Gasteiger partial charge is 0.389 e. The highest BCUT2D eigenvalue weighted by molar-refractivity contribution is 6.32. The van der Waals surface area contributed by atoms with Crippen LogP contribution in [0.1, 0.15) is 31.2 Å². The zero-order valence-electron chi connectivity index (χ0n) is 10.6. The van der Waals surface area contributed by atoms with Gasteiger partial charge in [-0.15, -0.1) is 0 Å². The third kappa shape index (κ3) is 3.65. The maximum absolute atomic E-state index is 10.8. The van der Waals surface area contributed by atoms with Gasteiger partial charge in [0.1, 0.15) is 5.02 Å². The van der Waals surface area contributed by atoms with Gasteiger partial charge in [-0.1, -0.05) is 30.5 Å². The van der Waals surface area contributed by atoms with Crippen molar-refractivity contribution in [2.45, 2.75) is 37.8 Å². The fourth-order valence-corrected chi connectivity index (χ4v) is 2.64. The minimum absolute atomic E-state index is 0.0828. The van der Waals surface area contributed by atoms with Gasteiger partial charge < -0.3 is 10.4 Å². The molecule has 0 bridgehead atoms. The number of nitro groups is 1. The number of halogens is 1. The van der Waals surface area contributed by atoms with Gasteiger partial charge in [0.2, 0.25) is 0 Å². The Morgan fingerprint density at radius 3 is 2.74 bits per heavy atom. The topological polar surface area (TPSA) is 75.4 Å². The van der Waals surface area contributed by atoms with Gasteiger partial charge in [-0.3, -0.25) is 10.1 Å². The van der Waals surface area contributed by atoms with Gasteiger partial charge in [-0.05, 0) is 24.5 Å². The lowest BCUT2D eigenvalue weighted by atomic mass is 10.0. The van der Waals surface area contributed by atoms with Crippen molar-refractivity contribution >= 4 is 17.3 Å². The predicted molar refractivity (Wildman–Crippen MR) is 73.2 cm³/mol. The summed E-state index contributed by atoms with van der Waals surface area (Å²) in [7, 11) is 0. The summed E-state index contributed by atoms with van der Waals surface area (Å²) in [6, 6.07) is 4.75. The number of nitrogens with one attached hydrogen (secondary N) is 1. The summed E-state index contributed by atoms with van der Waals surface area (Å²) in [4.78, 5) is 10.3. The van der Waals surface area contributed by atoms with Crippen LogP contribution >= 0.6 is 11.6 Å². The highest BCUT2D eigenvalue weighted by Crippen LogP contribution is 2.29. The van der Waals surface area contributed by atoms with E-state index in [9.17, 15) is 15.2 Å². The molecule has 104 valence electrons. The highest BCUT2D eigenvalue weighted by Gasteiger charge is 2.30. The third-order valence-electron chi connectivity index (χ3n) is 3.52. The first-order valence-electron chi connectivity index (χ1n) is 6.36. The number of hydrogen-bond acceptors (Lipinski definition) is 4. The average Bonchev–Trinajstić information content (AvgIpc) is 2.78. The molecule has 0 amide bonds. The quantitative estimate of drug-likeness (QED) is 0.644. The van der Waals surface area contributed by atoms with Crippen LogP contribution in [0.3, 0.4) is 0 Å². The van der Waals surface area contributed by atoms with Gasteiger partial charge >= 0.3 is 0 Å². The summed E-state index contributed by atoms with van der Waals surface area (Å²) >= 11 is 5.75. The molecule has 2 rings (SSSR count). The second-order valence-corrected chi connectivity index (χ2v) is 5.49. The Kier molecular flexibility index (Phi) is 4.39. The molecule has 1 aromatic rings. The Morgan fingerprint density at radius 2 is 2.11 bits per heavy atom. The Morgan fingerprint density at radius 1 is 1.42 bits per heavy atom. The lowest BCUT2D eigenvalue weighted by Crippen LogP contribution is -2.37. The fraction of sp³-hybridized carbons (Fsp3) is 0.538. The van der Waals surface area contributed by atoms with Crippen LogP contribution in [-0.2, 0) is 6.54 Å². The van der Waals surface area contributed by atoms with Crippen molar-refractivity contribution in [1.82, 2.24) is 5.32 Å². The number of aliphatic hydroxyl groups is 1. The minimum atomic E-state index is -0.613. The molecule has 1 aromatic carbocycles. The molecule has 0 radical (unpaired) electrons. The van der Waals surface area contributed by atoms with Gasteiger partial charge in [-0.25, -0.2) is 0 Å². The molecule has 1 aliphatic carbocycles. The van der Waals surface area contributed by atoms with Crippen LogP contribution in [-0.4, -0.2) is 22.2 Å². The number of rotatable bonds is 5. The zero-order chi connectivity index (χ0) is 13.9. The lowest BCUT2D eigenvalue weighted by Gasteiger charge is -2.22. The van der Waals surface area contributed by atoms with Crippen LogP contribution in [0.5, 0.6) is 0 Å². The smallest absolute Gasteiger partial charge is 0.288 e. The lowest BCUT2D eigenvalue weighted by molar-refractivity contribution is -0.384. The number of nitro benzene ring substituents is 1. The van der Waals surface area contributed by atoms with Gasteiger partial charge in [0.15, 0.2) is 0 Å². The molecular weight excluding hydrogens is 268 g/mol. The van der Waals surface area contributed by atoms with Crippen LogP contribution in [0.15, 0.2) is 18.2 Å². The van der Waals surface area contributed by atoms with E-state index in [0.29, 0.717) is 13.1 Å². The molecule has 1 aliphatic rings. The van der Waals surface area contributed by atoms with E-state index in [2.05, 4.69) is 5.32 Å². The number of hydrogen-bond donors (Lipinski definition) is 2. The molecule has 0 atom stereocenters. The standard InChI is InChI=1S/C13H17ClN2O3/c14-11-4-3-10(7-12(11)16(18)19)8-15-9-13(17)5-1-2-6-13/h3-4,7,15,17H,1-2,5-6,8-9H2. The molecule has 0 aliphatic heterocycles. The van der Waals surface area contributed by atoms with E-state index in [4.69, 9.17) is 11.6 Å². The average molecular weight is 285 g/mol. The second kappa shape index (κ2) is 5.86. The SMILES string of the molecule is O=[N+]([O-])c1cc(CNCC2(O)CCCC2)ccc1Cl. The van der Waals surface area contributed by atoms with Gasteiger partial charge in [-0.2, -0.15) is 0 Å². The van der Waals surface area contributed by atoms with Crippen LogP contribution in [0, 0.1) is 10.1 Å². The van der Waals surface area contributed by atoms with Crippen molar-refractivity contribution in [3.63, 3.8) is 0 Å². The fourth-order valence-electron chi connectivity index (χ4n) is 2.46. The predicted octanol–water partition coefficient (Wildman–Crippen LogP) is 2.64. The molecule has 0 spiro atoms. The van der Waals surface area contributed by atoms with Gasteiger partial charge in [0.25, 0.3) is 5.69 Å². The number of benzene rings is 1. The maximum Gasteiger partial charge on any atom is 0.288 e. The normalized spacial score (nSPS) is 17.6. The molecular formula is C13H17ClN2O3. The Bertz CT molecular complexity index is 473. The van der Waals surface area contributed by atoms with Crippen molar-refractivity contribution < 1.29 is 10.0 Å². The van der Waals surface area contributed by atoms with Crippen molar-refractivity contribution in [2.24, 2.45) is 0 Å². The first-order chi connectivity index (χ1) is 9.00. The molecule has 1 fully saturated rings. The summed E-state index contributed by atoms with van der Waals surface area (Å²) < 4.78 is 0. The van der Waals surface area contributed by atoms with Crippen LogP contribution < -0.4 is 5.32 Å². The zero-order valence-corrected chi connectivity index (χ0v) is 11.3. The summed E-state index contributed by atoms with van der Waals surface area (Å²) in [5.74, 6) is 0. The van der Waals surface area contributed by atoms with Crippen LogP contribution in [0.25, 0.3) is 0 Å². The molecule has 0 heterocycles. The van der Waals surface area contributed by atoms with Gasteiger partial charge in [0.05, 0.1) is 10.5 Å². The summed E-state index contributed by atoms with van der Waals surface area (Å²) in [6.07, 6.45) is 3.76. The van der Waals surface area contributed by atoms with E-state index in [1.807, 2.05) is 0 Å². The highest BCUT2D eigenvalue weighted by atomic mass is 35.5. The first kappa shape index (κ1) is 14.2. The maximum atomic E-state index is 10.8. The van der Waals surface area contributed by atoms with Crippen LogP contribution in [0.4, 0.5) is 5.69 Å². The van der Waals surface area contributed by atoms with Crippen LogP contribution in [0.2, 0.25) is 5.02 Å². The van der Waals surface area contributed by atoms with Crippen molar-refractivity contribution in [3.05, 3.63) is 38.9 Å². The summed E-state index contributed by atoms with van der Waals surface area (Å²) in [5.41, 5.74) is 0.0940. The van der Waals surface area contributed by atoms with Crippen molar-refractivity contribution in [1.29, 1.82) is 0 Å². The van der Waals surface area contributed by atoms with E-state index >= 15 is 0 Å². The molecule has 19 heavy (non-hydrogen) atoms. The van der Waals surface area contributed by atoms with E-state index in [-0.39, 0.29) is 10.7 Å². The molecule has 5 nitrogen and oxygen atoms in total. The van der Waals surface area contributed by atoms with Gasteiger partial charge in [0, 0.05) is 19.2 Å². The second-order valence-electron chi connectivity index (χ2n) is 5.08. The summed E-state index contributed by atoms with van der Waals surface area (Å²) in [5, 5.41) is 24.2. The molecule has 2 N–H and O–H groups in total. The van der Waals surface area contributed by atoms with Crippen molar-refractivity contribution in [3.8, 4) is 0 Å². The molecule has 0 unspecified atom stereocenters. The van der Waals surface area contributed by atoms with E-state index in [1.54, 1.807) is 6.07 Å². The third-order valence-corrected chi connectivity index (χ3v) is 3.84. The molecule has 0 saturated heterocycles. The molecule has 0 aromatic heterocycles. The van der Waals surface area contributed by atoms with E-state index in [0.717, 1.165) is 31.2 Å². The Labute approximate surface area is 116 Å². The first-order valence-corrected chi connectivity index (χ1v) is 6.74. The number of nitrogens with zero attached hydrogens (tertiary/aromatic N) is 1. The van der Waals surface area contributed by atoms with E-state index in [1.165, 1.54) is 12.1 Å². The van der Waals surface area contributed by atoms with E-state index < -0.39 is 10.5 Å².